The quantitative estimate of drug-likeness (QED) is 0.701. The molecule has 170 valence electrons. The van der Waals surface area contributed by atoms with E-state index < -0.39 is 23.6 Å². The van der Waals surface area contributed by atoms with Crippen molar-refractivity contribution in [1.82, 2.24) is 13.8 Å². The first kappa shape index (κ1) is 22.3. The number of halogens is 3. The molecule has 0 aliphatic carbocycles. The lowest BCUT2D eigenvalue weighted by atomic mass is 9.98. The van der Waals surface area contributed by atoms with Gasteiger partial charge in [0.1, 0.15) is 11.0 Å². The van der Waals surface area contributed by atoms with Crippen molar-refractivity contribution in [3.63, 3.8) is 0 Å². The summed E-state index contributed by atoms with van der Waals surface area (Å²) in [4.78, 5) is 16.7. The summed E-state index contributed by atoms with van der Waals surface area (Å²) >= 11 is 0. The topological polar surface area (TPSA) is 45.6 Å². The van der Waals surface area contributed by atoms with E-state index in [0.29, 0.717) is 31.0 Å². The van der Waals surface area contributed by atoms with Crippen molar-refractivity contribution in [2.75, 3.05) is 32.4 Å². The zero-order valence-electron chi connectivity index (χ0n) is 17.9. The minimum absolute atomic E-state index is 0.0161. The molecule has 2 aliphatic rings. The van der Waals surface area contributed by atoms with Crippen LogP contribution in [0, 0.1) is 5.92 Å². The van der Waals surface area contributed by atoms with Crippen LogP contribution in [-0.4, -0.2) is 62.5 Å². The number of amides is 1. The van der Waals surface area contributed by atoms with Gasteiger partial charge >= 0.3 is 6.18 Å². The highest BCUT2D eigenvalue weighted by Crippen LogP contribution is 2.33. The highest BCUT2D eigenvalue weighted by molar-refractivity contribution is 7.82. The maximum atomic E-state index is 13.1. The molecule has 0 saturated carbocycles. The Balaban J connectivity index is 1.67. The predicted molar refractivity (Wildman–Crippen MR) is 115 cm³/mol. The summed E-state index contributed by atoms with van der Waals surface area (Å²) in [5, 5.41) is 0.818. The van der Waals surface area contributed by atoms with E-state index >= 15 is 0 Å². The average molecular weight is 456 g/mol. The van der Waals surface area contributed by atoms with Crippen molar-refractivity contribution >= 4 is 27.8 Å². The van der Waals surface area contributed by atoms with E-state index in [2.05, 4.69) is 6.92 Å². The van der Waals surface area contributed by atoms with Gasteiger partial charge in [0.15, 0.2) is 0 Å². The highest BCUT2D eigenvalue weighted by Gasteiger charge is 2.31. The summed E-state index contributed by atoms with van der Waals surface area (Å²) in [6.07, 6.45) is -0.924. The molecule has 2 aliphatic heterocycles. The lowest BCUT2D eigenvalue weighted by Gasteiger charge is -2.30. The zero-order chi connectivity index (χ0) is 22.3. The molecule has 0 radical (unpaired) electrons. The molecule has 4 rings (SSSR count). The van der Waals surface area contributed by atoms with Crippen LogP contribution in [-0.2, 0) is 24.0 Å². The van der Waals surface area contributed by atoms with Crippen molar-refractivity contribution in [2.24, 2.45) is 5.92 Å². The van der Waals surface area contributed by atoms with E-state index in [9.17, 15) is 22.2 Å². The highest BCUT2D eigenvalue weighted by atomic mass is 32.2. The standard InChI is InChI=1S/C22H28F3N3O2S/c1-15-5-10-27(11-6-15)21(29)16-3-4-19-17(13-16)18-14-26(12-8-22(23,24)25)9-7-20(18)28(19)31(2)30/h3-4,13,15H,5-12,14H2,1-2H3. The Morgan fingerprint density at radius 1 is 1.19 bits per heavy atom. The van der Waals surface area contributed by atoms with Gasteiger partial charge in [-0.15, -0.1) is 0 Å². The molecule has 1 aromatic carbocycles. The zero-order valence-corrected chi connectivity index (χ0v) is 18.7. The second-order valence-corrected chi connectivity index (χ2v) is 9.95. The first-order valence-electron chi connectivity index (χ1n) is 10.7. The number of carbonyl (C=O) groups is 1. The summed E-state index contributed by atoms with van der Waals surface area (Å²) in [5.41, 5.74) is 3.14. The Morgan fingerprint density at radius 3 is 2.55 bits per heavy atom. The molecule has 1 amide bonds. The van der Waals surface area contributed by atoms with Gasteiger partial charge in [-0.25, -0.2) is 4.21 Å². The summed E-state index contributed by atoms with van der Waals surface area (Å²) < 4.78 is 52.3. The second kappa shape index (κ2) is 8.58. The van der Waals surface area contributed by atoms with E-state index in [-0.39, 0.29) is 12.5 Å². The fraction of sp³-hybridized carbons (Fsp3) is 0.591. The molecule has 31 heavy (non-hydrogen) atoms. The van der Waals surface area contributed by atoms with E-state index in [1.807, 2.05) is 17.0 Å². The third-order valence-corrected chi connectivity index (χ3v) is 7.40. The largest absolute Gasteiger partial charge is 0.390 e. The van der Waals surface area contributed by atoms with Crippen LogP contribution >= 0.6 is 0 Å². The molecule has 1 aromatic heterocycles. The van der Waals surface area contributed by atoms with Gasteiger partial charge in [0.2, 0.25) is 0 Å². The molecule has 2 aromatic rings. The Bertz CT molecular complexity index is 1010. The third kappa shape index (κ3) is 4.67. The number of nitrogens with zero attached hydrogens (tertiary/aromatic N) is 3. The maximum absolute atomic E-state index is 13.1. The smallest absolute Gasteiger partial charge is 0.339 e. The number of piperidine rings is 1. The third-order valence-electron chi connectivity index (χ3n) is 6.47. The molecule has 1 saturated heterocycles. The van der Waals surface area contributed by atoms with Crippen molar-refractivity contribution in [3.8, 4) is 0 Å². The van der Waals surface area contributed by atoms with Crippen LogP contribution in [0.1, 0.15) is 47.8 Å². The van der Waals surface area contributed by atoms with Gasteiger partial charge < -0.3 is 4.90 Å². The molecule has 0 spiro atoms. The Labute approximate surface area is 182 Å². The Morgan fingerprint density at radius 2 is 1.90 bits per heavy atom. The first-order valence-corrected chi connectivity index (χ1v) is 12.2. The number of rotatable bonds is 4. The van der Waals surface area contributed by atoms with Crippen LogP contribution < -0.4 is 0 Å². The molecule has 1 atom stereocenters. The van der Waals surface area contributed by atoms with Gasteiger partial charge in [-0.05, 0) is 42.5 Å². The second-order valence-electron chi connectivity index (χ2n) is 8.74. The molecule has 9 heteroatoms. The monoisotopic (exact) mass is 455 g/mol. The minimum atomic E-state index is -4.19. The van der Waals surface area contributed by atoms with Gasteiger partial charge in [0, 0.05) is 62.0 Å². The van der Waals surface area contributed by atoms with Crippen molar-refractivity contribution in [2.45, 2.75) is 45.3 Å². The molecule has 0 bridgehead atoms. The number of carbonyl (C=O) groups excluding carboxylic acids is 1. The average Bonchev–Trinajstić information content (AvgIpc) is 3.05. The number of aromatic nitrogens is 1. The van der Waals surface area contributed by atoms with Gasteiger partial charge in [0.05, 0.1) is 11.9 Å². The molecule has 5 nitrogen and oxygen atoms in total. The summed E-state index contributed by atoms with van der Waals surface area (Å²) in [6.45, 7) is 4.47. The van der Waals surface area contributed by atoms with E-state index in [1.165, 1.54) is 0 Å². The summed E-state index contributed by atoms with van der Waals surface area (Å²) in [5.74, 6) is 0.604. The lowest BCUT2D eigenvalue weighted by Crippen LogP contribution is -2.37. The first-order chi connectivity index (χ1) is 14.6. The van der Waals surface area contributed by atoms with E-state index in [0.717, 1.165) is 48.1 Å². The van der Waals surface area contributed by atoms with Gasteiger partial charge in [-0.1, -0.05) is 6.92 Å². The Kier molecular flexibility index (Phi) is 6.18. The molecular formula is C22H28F3N3O2S. The van der Waals surface area contributed by atoms with Gasteiger partial charge in [-0.3, -0.25) is 13.7 Å². The molecule has 3 heterocycles. The van der Waals surface area contributed by atoms with Crippen LogP contribution in [0.5, 0.6) is 0 Å². The molecular weight excluding hydrogens is 427 g/mol. The molecule has 1 unspecified atom stereocenters. The van der Waals surface area contributed by atoms with Crippen LogP contribution in [0.25, 0.3) is 10.9 Å². The number of hydrogen-bond acceptors (Lipinski definition) is 3. The van der Waals surface area contributed by atoms with Gasteiger partial charge in [0.25, 0.3) is 5.91 Å². The lowest BCUT2D eigenvalue weighted by molar-refractivity contribution is -0.138. The van der Waals surface area contributed by atoms with Crippen LogP contribution in [0.4, 0.5) is 13.2 Å². The van der Waals surface area contributed by atoms with Gasteiger partial charge in [-0.2, -0.15) is 13.2 Å². The molecule has 1 fully saturated rings. The SMILES string of the molecule is CC1CCN(C(=O)c2ccc3c(c2)c2c(n3S(C)=O)CCN(CCC(F)(F)F)C2)CC1. The number of benzene rings is 1. The fourth-order valence-electron chi connectivity index (χ4n) is 4.67. The summed E-state index contributed by atoms with van der Waals surface area (Å²) in [6, 6.07) is 5.44. The van der Waals surface area contributed by atoms with Crippen molar-refractivity contribution in [3.05, 3.63) is 35.0 Å². The van der Waals surface area contributed by atoms with E-state index in [4.69, 9.17) is 0 Å². The predicted octanol–water partition coefficient (Wildman–Crippen LogP) is 3.97. The van der Waals surface area contributed by atoms with Crippen LogP contribution in [0.3, 0.4) is 0 Å². The number of fused-ring (bicyclic) bond motifs is 3. The minimum Gasteiger partial charge on any atom is -0.339 e. The Hall–Kier alpha value is -1.87. The van der Waals surface area contributed by atoms with Crippen LogP contribution in [0.15, 0.2) is 18.2 Å². The number of likely N-dealkylation sites (tertiary alicyclic amines) is 1. The van der Waals surface area contributed by atoms with E-state index in [1.54, 1.807) is 21.2 Å². The van der Waals surface area contributed by atoms with Crippen LogP contribution in [0.2, 0.25) is 0 Å². The normalized spacial score (nSPS) is 19.6. The fourth-order valence-corrected chi connectivity index (χ4v) is 5.62. The van der Waals surface area contributed by atoms with Crippen molar-refractivity contribution < 1.29 is 22.2 Å². The summed E-state index contributed by atoms with van der Waals surface area (Å²) in [7, 11) is -1.29. The maximum Gasteiger partial charge on any atom is 0.390 e. The number of hydrogen-bond donors (Lipinski definition) is 0. The number of alkyl halides is 3. The molecule has 0 N–H and O–H groups in total. The van der Waals surface area contributed by atoms with Crippen molar-refractivity contribution in [1.29, 1.82) is 0 Å².